The third kappa shape index (κ3) is 2.70. The Bertz CT molecular complexity index is 378. The average Bonchev–Trinajstić information content (AvgIpc) is 2.75. The smallest absolute Gasteiger partial charge is 0.161 e. The maximum atomic E-state index is 9.71. The number of rotatable bonds is 4. The summed E-state index contributed by atoms with van der Waals surface area (Å²) in [4.78, 5) is 0. The number of ether oxygens (including phenoxy) is 2. The van der Waals surface area contributed by atoms with Gasteiger partial charge in [0.1, 0.15) is 6.10 Å². The van der Waals surface area contributed by atoms with Gasteiger partial charge in [0, 0.05) is 0 Å². The molecule has 0 aromatic heterocycles. The zero-order chi connectivity index (χ0) is 12.3. The van der Waals surface area contributed by atoms with Crippen LogP contribution in [-0.2, 0) is 6.61 Å². The second-order valence-electron chi connectivity index (χ2n) is 4.30. The SMILES string of the molecule is COc1cc(CO)ccc1OC1CCCC1O. The minimum atomic E-state index is -0.391. The first-order valence-electron chi connectivity index (χ1n) is 5.87. The minimum absolute atomic E-state index is 0.0251. The zero-order valence-corrected chi connectivity index (χ0v) is 9.93. The summed E-state index contributed by atoms with van der Waals surface area (Å²) in [7, 11) is 1.56. The van der Waals surface area contributed by atoms with Gasteiger partial charge in [0.2, 0.25) is 0 Å². The molecule has 1 aliphatic carbocycles. The van der Waals surface area contributed by atoms with E-state index in [9.17, 15) is 5.11 Å². The van der Waals surface area contributed by atoms with Crippen LogP contribution in [-0.4, -0.2) is 29.5 Å². The molecule has 1 aliphatic rings. The molecule has 0 heterocycles. The number of aliphatic hydroxyl groups is 2. The highest BCUT2D eigenvalue weighted by Gasteiger charge is 2.27. The lowest BCUT2D eigenvalue weighted by Gasteiger charge is -2.19. The van der Waals surface area contributed by atoms with Crippen molar-refractivity contribution in [3.05, 3.63) is 23.8 Å². The van der Waals surface area contributed by atoms with E-state index < -0.39 is 6.10 Å². The highest BCUT2D eigenvalue weighted by Crippen LogP contribution is 2.32. The predicted molar refractivity (Wildman–Crippen MR) is 63.2 cm³/mol. The molecule has 2 rings (SSSR count). The monoisotopic (exact) mass is 238 g/mol. The van der Waals surface area contributed by atoms with Crippen LogP contribution >= 0.6 is 0 Å². The molecule has 1 fully saturated rings. The first-order chi connectivity index (χ1) is 8.24. The Balaban J connectivity index is 2.14. The lowest BCUT2D eigenvalue weighted by atomic mass is 10.2. The van der Waals surface area contributed by atoms with Crippen LogP contribution in [0.15, 0.2) is 18.2 Å². The van der Waals surface area contributed by atoms with Crippen molar-refractivity contribution in [3.63, 3.8) is 0 Å². The van der Waals surface area contributed by atoms with Crippen molar-refractivity contribution in [1.29, 1.82) is 0 Å². The number of benzene rings is 1. The molecule has 2 atom stereocenters. The molecule has 0 amide bonds. The summed E-state index contributed by atoms with van der Waals surface area (Å²) >= 11 is 0. The van der Waals surface area contributed by atoms with E-state index in [1.54, 1.807) is 25.3 Å². The normalized spacial score (nSPS) is 23.7. The summed E-state index contributed by atoms with van der Waals surface area (Å²) in [6, 6.07) is 5.31. The lowest BCUT2D eigenvalue weighted by molar-refractivity contribution is 0.0586. The van der Waals surface area contributed by atoms with Gasteiger partial charge in [0.05, 0.1) is 19.8 Å². The van der Waals surface area contributed by atoms with Gasteiger partial charge in [0.15, 0.2) is 11.5 Å². The first kappa shape index (κ1) is 12.2. The second kappa shape index (κ2) is 5.38. The average molecular weight is 238 g/mol. The van der Waals surface area contributed by atoms with Crippen LogP contribution in [0.2, 0.25) is 0 Å². The van der Waals surface area contributed by atoms with Crippen LogP contribution in [0.25, 0.3) is 0 Å². The molecule has 0 bridgehead atoms. The molecule has 1 saturated carbocycles. The van der Waals surface area contributed by atoms with Crippen LogP contribution in [0.5, 0.6) is 11.5 Å². The topological polar surface area (TPSA) is 58.9 Å². The van der Waals surface area contributed by atoms with Crippen molar-refractivity contribution >= 4 is 0 Å². The van der Waals surface area contributed by atoms with Gasteiger partial charge in [-0.05, 0) is 37.0 Å². The van der Waals surface area contributed by atoms with Gasteiger partial charge in [-0.15, -0.1) is 0 Å². The van der Waals surface area contributed by atoms with E-state index in [1.165, 1.54) is 0 Å². The molecule has 1 aromatic rings. The molecule has 2 unspecified atom stereocenters. The van der Waals surface area contributed by atoms with Crippen molar-refractivity contribution < 1.29 is 19.7 Å². The van der Waals surface area contributed by atoms with Crippen LogP contribution in [0.4, 0.5) is 0 Å². The fraction of sp³-hybridized carbons (Fsp3) is 0.538. The fourth-order valence-corrected chi connectivity index (χ4v) is 2.11. The standard InChI is InChI=1S/C13H18O4/c1-16-13-7-9(8-14)5-6-12(13)17-11-4-2-3-10(11)15/h5-7,10-11,14-15H,2-4,8H2,1H3. The summed E-state index contributed by atoms with van der Waals surface area (Å²) < 4.78 is 11.0. The van der Waals surface area contributed by atoms with Crippen LogP contribution in [0, 0.1) is 0 Å². The lowest BCUT2D eigenvalue weighted by Crippen LogP contribution is -2.25. The zero-order valence-electron chi connectivity index (χ0n) is 9.93. The molecule has 94 valence electrons. The highest BCUT2D eigenvalue weighted by molar-refractivity contribution is 5.43. The summed E-state index contributed by atoms with van der Waals surface area (Å²) in [6.07, 6.45) is 2.11. The van der Waals surface area contributed by atoms with E-state index in [-0.39, 0.29) is 12.7 Å². The number of hydrogen-bond acceptors (Lipinski definition) is 4. The van der Waals surface area contributed by atoms with Gasteiger partial charge in [-0.1, -0.05) is 6.07 Å². The van der Waals surface area contributed by atoms with E-state index in [4.69, 9.17) is 14.6 Å². The van der Waals surface area contributed by atoms with E-state index in [0.29, 0.717) is 11.5 Å². The molecule has 1 aromatic carbocycles. The Labute approximate surface area is 101 Å². The van der Waals surface area contributed by atoms with Crippen molar-refractivity contribution in [2.45, 2.75) is 38.1 Å². The van der Waals surface area contributed by atoms with Gasteiger partial charge >= 0.3 is 0 Å². The minimum Gasteiger partial charge on any atom is -0.493 e. The fourth-order valence-electron chi connectivity index (χ4n) is 2.11. The van der Waals surface area contributed by atoms with Gasteiger partial charge < -0.3 is 19.7 Å². The Hall–Kier alpha value is -1.26. The second-order valence-corrected chi connectivity index (χ2v) is 4.30. The molecule has 4 heteroatoms. The molecule has 17 heavy (non-hydrogen) atoms. The molecule has 0 spiro atoms. The Morgan fingerprint density at radius 1 is 1.29 bits per heavy atom. The summed E-state index contributed by atoms with van der Waals surface area (Å²) in [6.45, 7) is -0.0251. The molecular formula is C13H18O4. The Kier molecular flexibility index (Phi) is 3.86. The van der Waals surface area contributed by atoms with Crippen molar-refractivity contribution in [2.24, 2.45) is 0 Å². The molecule has 2 N–H and O–H groups in total. The molecule has 0 saturated heterocycles. The van der Waals surface area contributed by atoms with Crippen molar-refractivity contribution in [3.8, 4) is 11.5 Å². The van der Waals surface area contributed by atoms with E-state index in [0.717, 1.165) is 24.8 Å². The molecular weight excluding hydrogens is 220 g/mol. The first-order valence-corrected chi connectivity index (χ1v) is 5.87. The Morgan fingerprint density at radius 3 is 2.71 bits per heavy atom. The Morgan fingerprint density at radius 2 is 2.12 bits per heavy atom. The summed E-state index contributed by atoms with van der Waals surface area (Å²) in [5.41, 5.74) is 0.779. The molecule has 0 aliphatic heterocycles. The third-order valence-corrected chi connectivity index (χ3v) is 3.11. The molecule has 0 radical (unpaired) electrons. The summed E-state index contributed by atoms with van der Waals surface area (Å²) in [5, 5.41) is 18.7. The van der Waals surface area contributed by atoms with Crippen molar-refractivity contribution in [1.82, 2.24) is 0 Å². The summed E-state index contributed by atoms with van der Waals surface area (Å²) in [5.74, 6) is 1.21. The van der Waals surface area contributed by atoms with Crippen molar-refractivity contribution in [2.75, 3.05) is 7.11 Å². The number of aliphatic hydroxyl groups excluding tert-OH is 2. The van der Waals surface area contributed by atoms with E-state index in [1.807, 2.05) is 0 Å². The largest absolute Gasteiger partial charge is 0.493 e. The van der Waals surface area contributed by atoms with Gasteiger partial charge in [-0.3, -0.25) is 0 Å². The number of hydrogen-bond donors (Lipinski definition) is 2. The molecule has 4 nitrogen and oxygen atoms in total. The maximum absolute atomic E-state index is 9.71. The maximum Gasteiger partial charge on any atom is 0.161 e. The predicted octanol–water partition coefficient (Wildman–Crippen LogP) is 1.48. The van der Waals surface area contributed by atoms with Crippen LogP contribution in [0.1, 0.15) is 24.8 Å². The van der Waals surface area contributed by atoms with E-state index >= 15 is 0 Å². The van der Waals surface area contributed by atoms with Crippen LogP contribution < -0.4 is 9.47 Å². The third-order valence-electron chi connectivity index (χ3n) is 3.11. The van der Waals surface area contributed by atoms with E-state index in [2.05, 4.69) is 0 Å². The quantitative estimate of drug-likeness (QED) is 0.834. The van der Waals surface area contributed by atoms with Gasteiger partial charge in [-0.25, -0.2) is 0 Å². The van der Waals surface area contributed by atoms with Gasteiger partial charge in [0.25, 0.3) is 0 Å². The van der Waals surface area contributed by atoms with Gasteiger partial charge in [-0.2, -0.15) is 0 Å². The highest BCUT2D eigenvalue weighted by atomic mass is 16.5. The van der Waals surface area contributed by atoms with Crippen LogP contribution in [0.3, 0.4) is 0 Å². The number of methoxy groups -OCH3 is 1.